The van der Waals surface area contributed by atoms with Gasteiger partial charge in [0, 0.05) is 5.39 Å². The summed E-state index contributed by atoms with van der Waals surface area (Å²) in [7, 11) is 0. The highest BCUT2D eigenvalue weighted by Crippen LogP contribution is 2.26. The molecule has 0 amide bonds. The van der Waals surface area contributed by atoms with E-state index in [9.17, 15) is 8.78 Å². The SMILES string of the molecule is Cc1nc2c3ccccc3nc(SCc3nnnn3-c3ccc(OC(F)F)cc3)n2n1. The molecule has 5 rings (SSSR count). The first-order valence-electron chi connectivity index (χ1n) is 9.16. The van der Waals surface area contributed by atoms with E-state index in [1.165, 1.54) is 28.6 Å². The van der Waals surface area contributed by atoms with Gasteiger partial charge in [0.05, 0.1) is 17.0 Å². The molecule has 9 nitrogen and oxygen atoms in total. The predicted molar refractivity (Wildman–Crippen MR) is 108 cm³/mol. The van der Waals surface area contributed by atoms with Crippen LogP contribution in [0.5, 0.6) is 5.75 Å². The van der Waals surface area contributed by atoms with Gasteiger partial charge in [0.2, 0.25) is 0 Å². The fourth-order valence-corrected chi connectivity index (χ4v) is 3.97. The van der Waals surface area contributed by atoms with Crippen LogP contribution in [0.15, 0.2) is 53.7 Å². The van der Waals surface area contributed by atoms with Gasteiger partial charge in [-0.3, -0.25) is 0 Å². The van der Waals surface area contributed by atoms with Crippen LogP contribution in [0.2, 0.25) is 0 Å². The van der Waals surface area contributed by atoms with Crippen LogP contribution < -0.4 is 4.74 Å². The first-order valence-corrected chi connectivity index (χ1v) is 10.1. The van der Waals surface area contributed by atoms with Crippen molar-refractivity contribution in [2.24, 2.45) is 0 Å². The molecule has 0 fully saturated rings. The highest BCUT2D eigenvalue weighted by atomic mass is 32.2. The molecule has 5 aromatic rings. The molecule has 0 bridgehead atoms. The molecule has 0 aliphatic carbocycles. The number of rotatable bonds is 6. The second-order valence-electron chi connectivity index (χ2n) is 6.47. The Labute approximate surface area is 178 Å². The van der Waals surface area contributed by atoms with Crippen LogP contribution in [0.1, 0.15) is 11.6 Å². The second-order valence-corrected chi connectivity index (χ2v) is 7.42. The zero-order chi connectivity index (χ0) is 21.4. The number of nitrogens with zero attached hydrogens (tertiary/aromatic N) is 8. The molecule has 0 unspecified atom stereocenters. The van der Waals surface area contributed by atoms with Gasteiger partial charge in [0.25, 0.3) is 0 Å². The Morgan fingerprint density at radius 1 is 1.06 bits per heavy atom. The zero-order valence-corrected chi connectivity index (χ0v) is 16.9. The van der Waals surface area contributed by atoms with Gasteiger partial charge in [-0.1, -0.05) is 23.9 Å². The van der Waals surface area contributed by atoms with Crippen LogP contribution in [0.4, 0.5) is 8.78 Å². The number of alkyl halides is 2. The van der Waals surface area contributed by atoms with Crippen LogP contribution >= 0.6 is 11.8 Å². The van der Waals surface area contributed by atoms with E-state index in [2.05, 4.69) is 30.3 Å². The Kier molecular flexibility index (Phi) is 4.90. The Hall–Kier alpha value is -3.67. The Morgan fingerprint density at radius 2 is 1.87 bits per heavy atom. The van der Waals surface area contributed by atoms with Crippen molar-refractivity contribution in [3.8, 4) is 11.4 Å². The van der Waals surface area contributed by atoms with Gasteiger partial charge >= 0.3 is 6.61 Å². The van der Waals surface area contributed by atoms with E-state index in [0.717, 1.165) is 16.6 Å². The molecule has 0 aliphatic rings. The average molecular weight is 440 g/mol. The van der Waals surface area contributed by atoms with Crippen molar-refractivity contribution in [2.45, 2.75) is 24.4 Å². The van der Waals surface area contributed by atoms with Crippen molar-refractivity contribution < 1.29 is 13.5 Å². The van der Waals surface area contributed by atoms with E-state index in [-0.39, 0.29) is 5.75 Å². The highest BCUT2D eigenvalue weighted by Gasteiger charge is 2.15. The Morgan fingerprint density at radius 3 is 2.68 bits per heavy atom. The maximum atomic E-state index is 12.4. The quantitative estimate of drug-likeness (QED) is 0.293. The van der Waals surface area contributed by atoms with Crippen LogP contribution in [0, 0.1) is 6.92 Å². The number of hydrogen-bond acceptors (Lipinski definition) is 8. The smallest absolute Gasteiger partial charge is 0.387 e. The monoisotopic (exact) mass is 440 g/mol. The molecule has 156 valence electrons. The third-order valence-corrected chi connectivity index (χ3v) is 5.35. The minimum atomic E-state index is -2.88. The molecule has 0 N–H and O–H groups in total. The van der Waals surface area contributed by atoms with Gasteiger partial charge < -0.3 is 4.74 Å². The molecule has 0 saturated carbocycles. The summed E-state index contributed by atoms with van der Waals surface area (Å²) in [4.78, 5) is 9.24. The van der Waals surface area contributed by atoms with Crippen molar-refractivity contribution in [3.63, 3.8) is 0 Å². The minimum absolute atomic E-state index is 0.0621. The Balaban J connectivity index is 1.44. The molecular formula is C19H14F2N8OS. The summed E-state index contributed by atoms with van der Waals surface area (Å²) in [6.45, 7) is -1.05. The minimum Gasteiger partial charge on any atom is -0.435 e. The van der Waals surface area contributed by atoms with E-state index in [1.807, 2.05) is 31.2 Å². The number of ether oxygens (including phenoxy) is 1. The summed E-state index contributed by atoms with van der Waals surface area (Å²) in [6.07, 6.45) is 0. The van der Waals surface area contributed by atoms with Crippen molar-refractivity contribution in [3.05, 3.63) is 60.2 Å². The molecule has 31 heavy (non-hydrogen) atoms. The molecule has 0 radical (unpaired) electrons. The molecule has 0 atom stereocenters. The largest absolute Gasteiger partial charge is 0.435 e. The number of aromatic nitrogens is 8. The summed E-state index contributed by atoms with van der Waals surface area (Å²) >= 11 is 1.42. The van der Waals surface area contributed by atoms with Crippen molar-refractivity contribution >= 4 is 28.3 Å². The van der Waals surface area contributed by atoms with Crippen LogP contribution in [-0.4, -0.2) is 46.4 Å². The number of para-hydroxylation sites is 1. The van der Waals surface area contributed by atoms with E-state index in [0.29, 0.717) is 28.2 Å². The molecule has 3 aromatic heterocycles. The maximum Gasteiger partial charge on any atom is 0.387 e. The maximum absolute atomic E-state index is 12.4. The number of tetrazole rings is 1. The summed E-state index contributed by atoms with van der Waals surface area (Å²) in [6, 6.07) is 13.8. The second kappa shape index (κ2) is 7.87. The third-order valence-electron chi connectivity index (χ3n) is 4.43. The number of thioether (sulfide) groups is 1. The fraction of sp³-hybridized carbons (Fsp3) is 0.158. The molecule has 12 heteroatoms. The topological polar surface area (TPSA) is 95.9 Å². The lowest BCUT2D eigenvalue weighted by atomic mass is 10.2. The van der Waals surface area contributed by atoms with Gasteiger partial charge in [-0.2, -0.15) is 18.0 Å². The van der Waals surface area contributed by atoms with E-state index >= 15 is 0 Å². The van der Waals surface area contributed by atoms with Crippen LogP contribution in [-0.2, 0) is 5.75 Å². The first-order chi connectivity index (χ1) is 15.1. The number of fused-ring (bicyclic) bond motifs is 3. The number of halogens is 2. The normalized spacial score (nSPS) is 11.6. The van der Waals surface area contributed by atoms with Crippen molar-refractivity contribution in [2.75, 3.05) is 0 Å². The standard InChI is InChI=1S/C19H14F2N8OS/c1-11-22-17-14-4-2-3-5-15(14)23-19(29(17)25-11)31-10-16-24-26-27-28(16)12-6-8-13(9-7-12)30-18(20)21/h2-9,18H,10H2,1H3. The summed E-state index contributed by atoms with van der Waals surface area (Å²) in [5.41, 5.74) is 2.18. The lowest BCUT2D eigenvalue weighted by Crippen LogP contribution is -2.05. The summed E-state index contributed by atoms with van der Waals surface area (Å²) in [5, 5.41) is 17.9. The Bertz CT molecular complexity index is 1370. The summed E-state index contributed by atoms with van der Waals surface area (Å²) < 4.78 is 32.3. The lowest BCUT2D eigenvalue weighted by Gasteiger charge is -2.08. The van der Waals surface area contributed by atoms with Gasteiger partial charge in [-0.15, -0.1) is 10.2 Å². The average Bonchev–Trinajstić information content (AvgIpc) is 3.38. The third kappa shape index (κ3) is 3.77. The summed E-state index contributed by atoms with van der Waals surface area (Å²) in [5.74, 6) is 1.68. The van der Waals surface area contributed by atoms with Crippen molar-refractivity contribution in [1.82, 2.24) is 39.8 Å². The lowest BCUT2D eigenvalue weighted by molar-refractivity contribution is -0.0498. The van der Waals surface area contributed by atoms with Gasteiger partial charge in [0.15, 0.2) is 16.6 Å². The molecule has 0 aliphatic heterocycles. The highest BCUT2D eigenvalue weighted by molar-refractivity contribution is 7.98. The molecule has 3 heterocycles. The number of benzene rings is 2. The number of hydrogen-bond donors (Lipinski definition) is 0. The fourth-order valence-electron chi connectivity index (χ4n) is 3.12. The van der Waals surface area contributed by atoms with Crippen molar-refractivity contribution in [1.29, 1.82) is 0 Å². The van der Waals surface area contributed by atoms with Gasteiger partial charge in [-0.05, 0) is 53.7 Å². The van der Waals surface area contributed by atoms with E-state index < -0.39 is 6.61 Å². The molecule has 0 saturated heterocycles. The molecule has 2 aromatic carbocycles. The van der Waals surface area contributed by atoms with Crippen LogP contribution in [0.3, 0.4) is 0 Å². The van der Waals surface area contributed by atoms with Gasteiger partial charge in [0.1, 0.15) is 11.6 Å². The zero-order valence-electron chi connectivity index (χ0n) is 16.1. The number of aryl methyl sites for hydroxylation is 1. The van der Waals surface area contributed by atoms with Gasteiger partial charge in [-0.25, -0.2) is 9.97 Å². The first kappa shape index (κ1) is 19.3. The molecule has 0 spiro atoms. The van der Waals surface area contributed by atoms with E-state index in [1.54, 1.807) is 16.6 Å². The molecular weight excluding hydrogens is 426 g/mol. The van der Waals surface area contributed by atoms with E-state index in [4.69, 9.17) is 4.98 Å². The van der Waals surface area contributed by atoms with Crippen LogP contribution in [0.25, 0.3) is 22.2 Å². The predicted octanol–water partition coefficient (Wildman–Crippen LogP) is 3.46.